The molecule has 3 aromatic rings. The number of aromatic nitrogens is 1. The minimum Gasteiger partial charge on any atom is -0.493 e. The number of rotatable bonds is 9. The van der Waals surface area contributed by atoms with Gasteiger partial charge in [-0.25, -0.2) is 13.8 Å². The highest BCUT2D eigenvalue weighted by atomic mass is 19.4. The predicted molar refractivity (Wildman–Crippen MR) is 133 cm³/mol. The van der Waals surface area contributed by atoms with E-state index in [9.17, 15) is 32.6 Å². The molecule has 2 aromatic carbocycles. The number of fused-ring (bicyclic) bond motifs is 3. The quantitative estimate of drug-likeness (QED) is 0.305. The van der Waals surface area contributed by atoms with Gasteiger partial charge in [0.15, 0.2) is 0 Å². The minimum atomic E-state index is -4.96. The van der Waals surface area contributed by atoms with Crippen LogP contribution in [0.1, 0.15) is 48.4 Å². The van der Waals surface area contributed by atoms with Crippen LogP contribution in [0.15, 0.2) is 42.6 Å². The van der Waals surface area contributed by atoms with E-state index in [1.165, 1.54) is 12.3 Å². The second-order valence-electron chi connectivity index (χ2n) is 10.8. The smallest absolute Gasteiger partial charge is 0.417 e. The number of alkyl halides is 3. The Morgan fingerprint density at radius 1 is 1.05 bits per heavy atom. The molecule has 1 fully saturated rings. The average molecular weight is 564 g/mol. The van der Waals surface area contributed by atoms with Crippen LogP contribution in [0.25, 0.3) is 11.1 Å². The van der Waals surface area contributed by atoms with Gasteiger partial charge in [0.2, 0.25) is 5.88 Å². The third-order valence-electron chi connectivity index (χ3n) is 7.35. The summed E-state index contributed by atoms with van der Waals surface area (Å²) in [6.07, 6.45) is -2.64. The van der Waals surface area contributed by atoms with Gasteiger partial charge in [0.25, 0.3) is 0 Å². The van der Waals surface area contributed by atoms with Gasteiger partial charge in [0, 0.05) is 41.8 Å². The molecule has 3 atom stereocenters. The van der Waals surface area contributed by atoms with Gasteiger partial charge in [-0.3, -0.25) is 4.79 Å². The van der Waals surface area contributed by atoms with Gasteiger partial charge in [-0.05, 0) is 67.1 Å². The number of ether oxygens (including phenoxy) is 2. The summed E-state index contributed by atoms with van der Waals surface area (Å²) in [5, 5.41) is 19.0. The first kappa shape index (κ1) is 27.8. The number of halogens is 5. The molecule has 0 saturated heterocycles. The lowest BCUT2D eigenvalue weighted by Gasteiger charge is -2.18. The summed E-state index contributed by atoms with van der Waals surface area (Å²) < 4.78 is 82.2. The molecule has 2 N–H and O–H groups in total. The number of carboxylic acids is 1. The number of hydrogen-bond donors (Lipinski definition) is 2. The van der Waals surface area contributed by atoms with E-state index in [4.69, 9.17) is 9.47 Å². The molecule has 11 heteroatoms. The molecule has 1 heterocycles. The van der Waals surface area contributed by atoms with E-state index in [0.29, 0.717) is 12.5 Å². The third-order valence-corrected chi connectivity index (χ3v) is 7.35. The van der Waals surface area contributed by atoms with E-state index in [0.717, 1.165) is 29.3 Å². The number of nitrogens with zero attached hydrogens (tertiary/aromatic N) is 1. The molecule has 212 valence electrons. The maximum absolute atomic E-state index is 15.0. The van der Waals surface area contributed by atoms with Gasteiger partial charge >= 0.3 is 12.1 Å². The molecule has 2 aliphatic rings. The Morgan fingerprint density at radius 3 is 2.45 bits per heavy atom. The molecule has 0 spiro atoms. The number of hydrogen-bond acceptors (Lipinski definition) is 5. The standard InChI is InChI=1S/C29H26F5NO5/c1-28(2,38)5-6-39-16-3-4-17(23(31)10-16)18-8-15(22(30)11-21(18)29(32,33)34)13-40-24-9-14-7-19-25(20(14)12-35-24)26(19)27(36)37/h3-4,8-12,19,25-26,38H,5-7,13H2,1-2H3,(H,36,37). The summed E-state index contributed by atoms with van der Waals surface area (Å²) in [5.74, 6) is -3.33. The second kappa shape index (κ2) is 10.0. The van der Waals surface area contributed by atoms with Gasteiger partial charge in [0.1, 0.15) is 24.0 Å². The molecule has 3 unspecified atom stereocenters. The summed E-state index contributed by atoms with van der Waals surface area (Å²) >= 11 is 0. The van der Waals surface area contributed by atoms with Crippen LogP contribution < -0.4 is 9.47 Å². The number of pyridine rings is 1. The SMILES string of the molecule is CC(C)(O)CCOc1ccc(-c2cc(COc3cc4c(cn3)C3C(C4)C3C(=O)O)c(F)cc2C(F)(F)F)c(F)c1. The Labute approximate surface area is 226 Å². The van der Waals surface area contributed by atoms with Crippen molar-refractivity contribution in [3.05, 3.63) is 76.5 Å². The third kappa shape index (κ3) is 5.60. The van der Waals surface area contributed by atoms with Gasteiger partial charge < -0.3 is 19.7 Å². The highest BCUT2D eigenvalue weighted by molar-refractivity contribution is 5.77. The minimum absolute atomic E-state index is 0.00710. The number of carbonyl (C=O) groups is 1. The first-order valence-corrected chi connectivity index (χ1v) is 12.6. The fourth-order valence-electron chi connectivity index (χ4n) is 5.24. The normalized spacial score (nSPS) is 19.6. The highest BCUT2D eigenvalue weighted by Gasteiger charge is 2.60. The number of carboxylic acid groups (broad SMARTS) is 1. The maximum atomic E-state index is 15.0. The summed E-state index contributed by atoms with van der Waals surface area (Å²) in [4.78, 5) is 15.4. The molecule has 1 aromatic heterocycles. The van der Waals surface area contributed by atoms with Gasteiger partial charge in [-0.15, -0.1) is 0 Å². The van der Waals surface area contributed by atoms with Crippen molar-refractivity contribution in [1.82, 2.24) is 4.98 Å². The van der Waals surface area contributed by atoms with E-state index < -0.39 is 58.6 Å². The van der Waals surface area contributed by atoms with Crippen LogP contribution in [0.3, 0.4) is 0 Å². The van der Waals surface area contributed by atoms with Crippen LogP contribution in [0.2, 0.25) is 0 Å². The number of aliphatic hydroxyl groups is 1. The Balaban J connectivity index is 1.37. The monoisotopic (exact) mass is 563 g/mol. The van der Waals surface area contributed by atoms with Crippen molar-refractivity contribution < 1.29 is 46.4 Å². The molecule has 0 bridgehead atoms. The second-order valence-corrected chi connectivity index (χ2v) is 10.8. The Bertz CT molecular complexity index is 1470. The lowest BCUT2D eigenvalue weighted by molar-refractivity contribution is -0.139. The van der Waals surface area contributed by atoms with Crippen LogP contribution in [0.5, 0.6) is 11.6 Å². The van der Waals surface area contributed by atoms with Crippen molar-refractivity contribution in [3.8, 4) is 22.8 Å². The molecule has 2 aliphatic carbocycles. The van der Waals surface area contributed by atoms with Gasteiger partial charge in [-0.2, -0.15) is 13.2 Å². The molecule has 6 nitrogen and oxygen atoms in total. The lowest BCUT2D eigenvalue weighted by atomic mass is 9.96. The van der Waals surface area contributed by atoms with Gasteiger partial charge in [-0.1, -0.05) is 0 Å². The molecular weight excluding hydrogens is 537 g/mol. The molecule has 40 heavy (non-hydrogen) atoms. The largest absolute Gasteiger partial charge is 0.493 e. The fourth-order valence-corrected chi connectivity index (χ4v) is 5.24. The lowest BCUT2D eigenvalue weighted by Crippen LogP contribution is -2.21. The van der Waals surface area contributed by atoms with Crippen LogP contribution in [0, 0.1) is 23.5 Å². The van der Waals surface area contributed by atoms with E-state index in [1.54, 1.807) is 19.9 Å². The first-order valence-electron chi connectivity index (χ1n) is 12.6. The maximum Gasteiger partial charge on any atom is 0.417 e. The first-order chi connectivity index (χ1) is 18.7. The van der Waals surface area contributed by atoms with Crippen molar-refractivity contribution in [2.45, 2.75) is 51.0 Å². The summed E-state index contributed by atoms with van der Waals surface area (Å²) in [5.41, 5.74) is -1.84. The van der Waals surface area contributed by atoms with Gasteiger partial charge in [0.05, 0.1) is 23.7 Å². The zero-order valence-electron chi connectivity index (χ0n) is 21.6. The summed E-state index contributed by atoms with van der Waals surface area (Å²) in [7, 11) is 0. The molecule has 0 aliphatic heterocycles. The Morgan fingerprint density at radius 2 is 1.80 bits per heavy atom. The van der Waals surface area contributed by atoms with Crippen LogP contribution in [0.4, 0.5) is 22.0 Å². The molecule has 0 amide bonds. The van der Waals surface area contributed by atoms with E-state index in [1.807, 2.05) is 0 Å². The van der Waals surface area contributed by atoms with E-state index in [2.05, 4.69) is 4.98 Å². The van der Waals surface area contributed by atoms with Crippen molar-refractivity contribution >= 4 is 5.97 Å². The topological polar surface area (TPSA) is 88.9 Å². The Hall–Kier alpha value is -3.73. The van der Waals surface area contributed by atoms with Crippen LogP contribution in [-0.2, 0) is 24.0 Å². The van der Waals surface area contributed by atoms with Crippen molar-refractivity contribution in [2.75, 3.05) is 6.61 Å². The molecular formula is C29H26F5NO5. The number of aliphatic carboxylic acids is 1. The predicted octanol–water partition coefficient (Wildman–Crippen LogP) is 6.13. The summed E-state index contributed by atoms with van der Waals surface area (Å²) in [6, 6.07) is 6.21. The van der Waals surface area contributed by atoms with Crippen molar-refractivity contribution in [3.63, 3.8) is 0 Å². The van der Waals surface area contributed by atoms with Crippen LogP contribution >= 0.6 is 0 Å². The van der Waals surface area contributed by atoms with E-state index in [-0.39, 0.29) is 42.1 Å². The highest BCUT2D eigenvalue weighted by Crippen LogP contribution is 2.61. The molecule has 0 radical (unpaired) electrons. The van der Waals surface area contributed by atoms with Crippen molar-refractivity contribution in [2.24, 2.45) is 11.8 Å². The van der Waals surface area contributed by atoms with Crippen molar-refractivity contribution in [1.29, 1.82) is 0 Å². The van der Waals surface area contributed by atoms with Crippen LogP contribution in [-0.4, -0.2) is 33.4 Å². The zero-order chi connectivity index (χ0) is 29.0. The molecule has 5 rings (SSSR count). The Kier molecular flexibility index (Phi) is 6.98. The fraction of sp³-hybridized carbons (Fsp3) is 0.379. The van der Waals surface area contributed by atoms with E-state index >= 15 is 4.39 Å². The average Bonchev–Trinajstić information content (AvgIpc) is 3.44. The molecule has 1 saturated carbocycles. The zero-order valence-corrected chi connectivity index (χ0v) is 21.6. The summed E-state index contributed by atoms with van der Waals surface area (Å²) in [6.45, 7) is 2.75. The number of benzene rings is 2.